The average molecular weight is 343 g/mol. The molecule has 1 atom stereocenters. The largest absolute Gasteiger partial charge is 0.550 e. The summed E-state index contributed by atoms with van der Waals surface area (Å²) in [7, 11) is 1.43. The molecule has 0 saturated carbocycles. The van der Waals surface area contributed by atoms with E-state index >= 15 is 0 Å². The summed E-state index contributed by atoms with van der Waals surface area (Å²) in [5, 5.41) is 20.5. The standard InChI is InChI=1S/C13H14BrNO5/c1-20-10-3-7(2-9(14)12(10)17)5-15-6-8(13(18)19)4-11(15)16/h2-3,8,17H,4-6H2,1H3,(H,18,19)/p-1/t8-/m0/s1. The first-order chi connectivity index (χ1) is 9.42. The highest BCUT2D eigenvalue weighted by Gasteiger charge is 2.30. The number of aliphatic carboxylic acids is 1. The Hall–Kier alpha value is -1.76. The zero-order valence-corrected chi connectivity index (χ0v) is 12.3. The number of carbonyl (C=O) groups is 2. The van der Waals surface area contributed by atoms with Crippen LogP contribution in [0.5, 0.6) is 11.5 Å². The van der Waals surface area contributed by atoms with Gasteiger partial charge in [0.2, 0.25) is 5.91 Å². The molecule has 0 bridgehead atoms. The minimum absolute atomic E-state index is 0.0170. The minimum atomic E-state index is -1.20. The first kappa shape index (κ1) is 14.6. The Morgan fingerprint density at radius 1 is 1.60 bits per heavy atom. The van der Waals surface area contributed by atoms with Crippen LogP contribution in [-0.4, -0.2) is 35.5 Å². The quantitative estimate of drug-likeness (QED) is 0.847. The van der Waals surface area contributed by atoms with Gasteiger partial charge >= 0.3 is 0 Å². The van der Waals surface area contributed by atoms with Crippen LogP contribution in [0.2, 0.25) is 0 Å². The van der Waals surface area contributed by atoms with E-state index in [-0.39, 0.29) is 36.9 Å². The van der Waals surface area contributed by atoms with Gasteiger partial charge < -0.3 is 24.6 Å². The number of likely N-dealkylation sites (tertiary alicyclic amines) is 1. The molecule has 1 amide bonds. The molecule has 0 radical (unpaired) electrons. The molecule has 2 rings (SSSR count). The molecule has 1 aromatic carbocycles. The van der Waals surface area contributed by atoms with Crippen molar-refractivity contribution in [1.82, 2.24) is 4.90 Å². The van der Waals surface area contributed by atoms with Gasteiger partial charge in [0.25, 0.3) is 0 Å². The highest BCUT2D eigenvalue weighted by atomic mass is 79.9. The van der Waals surface area contributed by atoms with E-state index in [4.69, 9.17) is 4.74 Å². The Balaban J connectivity index is 2.17. The number of benzene rings is 1. The number of phenolic OH excluding ortho intramolecular Hbond substituents is 1. The molecule has 0 spiro atoms. The highest BCUT2D eigenvalue weighted by molar-refractivity contribution is 9.10. The van der Waals surface area contributed by atoms with E-state index in [1.807, 2.05) is 0 Å². The lowest BCUT2D eigenvalue weighted by atomic mass is 10.1. The molecular weight excluding hydrogens is 330 g/mol. The first-order valence-corrected chi connectivity index (χ1v) is 6.75. The second kappa shape index (κ2) is 5.70. The van der Waals surface area contributed by atoms with Gasteiger partial charge in [0, 0.05) is 31.4 Å². The molecule has 20 heavy (non-hydrogen) atoms. The number of nitrogens with zero attached hydrogens (tertiary/aromatic N) is 1. The lowest BCUT2D eigenvalue weighted by Gasteiger charge is -2.18. The number of rotatable bonds is 4. The normalized spacial score (nSPS) is 18.4. The van der Waals surface area contributed by atoms with Crippen LogP contribution in [-0.2, 0) is 16.1 Å². The molecule has 7 heteroatoms. The summed E-state index contributed by atoms with van der Waals surface area (Å²) in [6.45, 7) is 0.403. The van der Waals surface area contributed by atoms with Crippen LogP contribution in [0.1, 0.15) is 12.0 Å². The van der Waals surface area contributed by atoms with Crippen LogP contribution in [0, 0.1) is 5.92 Å². The van der Waals surface area contributed by atoms with Crippen LogP contribution >= 0.6 is 15.9 Å². The summed E-state index contributed by atoms with van der Waals surface area (Å²) in [4.78, 5) is 24.0. The topological polar surface area (TPSA) is 89.9 Å². The minimum Gasteiger partial charge on any atom is -0.550 e. The summed E-state index contributed by atoms with van der Waals surface area (Å²) in [6, 6.07) is 3.27. The monoisotopic (exact) mass is 342 g/mol. The number of hydrogen-bond donors (Lipinski definition) is 1. The van der Waals surface area contributed by atoms with Crippen LogP contribution in [0.3, 0.4) is 0 Å². The maximum Gasteiger partial charge on any atom is 0.223 e. The highest BCUT2D eigenvalue weighted by Crippen LogP contribution is 2.35. The fourth-order valence-electron chi connectivity index (χ4n) is 2.18. The van der Waals surface area contributed by atoms with Gasteiger partial charge in [-0.05, 0) is 33.6 Å². The maximum atomic E-state index is 11.7. The van der Waals surface area contributed by atoms with Gasteiger partial charge in [-0.25, -0.2) is 0 Å². The maximum absolute atomic E-state index is 11.7. The molecule has 0 unspecified atom stereocenters. The van der Waals surface area contributed by atoms with Gasteiger partial charge in [-0.3, -0.25) is 4.79 Å². The third-order valence-corrected chi connectivity index (χ3v) is 3.83. The molecule has 1 aliphatic heterocycles. The van der Waals surface area contributed by atoms with Crippen molar-refractivity contribution in [3.8, 4) is 11.5 Å². The molecule has 1 heterocycles. The summed E-state index contributed by atoms with van der Waals surface area (Å²) in [5.74, 6) is -1.91. The van der Waals surface area contributed by atoms with Crippen molar-refractivity contribution in [2.75, 3.05) is 13.7 Å². The number of carboxylic acids is 1. The smallest absolute Gasteiger partial charge is 0.223 e. The lowest BCUT2D eigenvalue weighted by Crippen LogP contribution is -2.33. The average Bonchev–Trinajstić information content (AvgIpc) is 2.75. The van der Waals surface area contributed by atoms with Crippen LogP contribution in [0.4, 0.5) is 0 Å². The Bertz CT molecular complexity index is 560. The molecule has 0 aliphatic carbocycles. The Kier molecular flexibility index (Phi) is 4.17. The fourth-order valence-corrected chi connectivity index (χ4v) is 2.67. The molecule has 0 aromatic heterocycles. The predicted octanol–water partition coefficient (Wildman–Crippen LogP) is 0.262. The van der Waals surface area contributed by atoms with Gasteiger partial charge in [0.15, 0.2) is 11.5 Å². The van der Waals surface area contributed by atoms with Crippen LogP contribution in [0.15, 0.2) is 16.6 Å². The zero-order valence-electron chi connectivity index (χ0n) is 10.8. The van der Waals surface area contributed by atoms with Crippen molar-refractivity contribution in [2.45, 2.75) is 13.0 Å². The van der Waals surface area contributed by atoms with Gasteiger partial charge in [0.1, 0.15) is 0 Å². The summed E-state index contributed by atoms with van der Waals surface area (Å²) in [6.07, 6.45) is -0.0290. The number of phenols is 1. The SMILES string of the molecule is COc1cc(CN2C[C@@H](C(=O)[O-])CC2=O)cc(Br)c1O. The number of hydrogen-bond acceptors (Lipinski definition) is 5. The van der Waals surface area contributed by atoms with E-state index in [2.05, 4.69) is 15.9 Å². The van der Waals surface area contributed by atoms with Crippen LogP contribution in [0.25, 0.3) is 0 Å². The van der Waals surface area contributed by atoms with Gasteiger partial charge in [-0.15, -0.1) is 0 Å². The number of ether oxygens (including phenoxy) is 1. The number of aromatic hydroxyl groups is 1. The van der Waals surface area contributed by atoms with Crippen molar-refractivity contribution in [3.63, 3.8) is 0 Å². The van der Waals surface area contributed by atoms with Crippen molar-refractivity contribution in [2.24, 2.45) is 5.92 Å². The third kappa shape index (κ3) is 2.87. The summed E-state index contributed by atoms with van der Waals surface area (Å²) >= 11 is 3.20. The van der Waals surface area contributed by atoms with E-state index in [1.165, 1.54) is 12.0 Å². The molecule has 1 fully saturated rings. The summed E-state index contributed by atoms with van der Waals surface area (Å²) in [5.41, 5.74) is 0.735. The number of carboxylic acid groups (broad SMARTS) is 1. The van der Waals surface area contributed by atoms with Crippen molar-refractivity contribution >= 4 is 27.8 Å². The molecule has 1 aromatic rings. The number of carbonyl (C=O) groups excluding carboxylic acids is 2. The van der Waals surface area contributed by atoms with Crippen molar-refractivity contribution in [3.05, 3.63) is 22.2 Å². The molecular formula is C13H13BrNO5-. The molecule has 108 valence electrons. The first-order valence-electron chi connectivity index (χ1n) is 5.96. The predicted molar refractivity (Wildman–Crippen MR) is 70.9 cm³/mol. The Morgan fingerprint density at radius 2 is 2.30 bits per heavy atom. The van der Waals surface area contributed by atoms with Crippen molar-refractivity contribution in [1.29, 1.82) is 0 Å². The van der Waals surface area contributed by atoms with Crippen molar-refractivity contribution < 1.29 is 24.5 Å². The second-order valence-electron chi connectivity index (χ2n) is 4.62. The Morgan fingerprint density at radius 3 is 2.85 bits per heavy atom. The van der Waals surface area contributed by atoms with Crippen LogP contribution < -0.4 is 9.84 Å². The second-order valence-corrected chi connectivity index (χ2v) is 5.48. The zero-order chi connectivity index (χ0) is 14.9. The number of methoxy groups -OCH3 is 1. The fraction of sp³-hybridized carbons (Fsp3) is 0.385. The van der Waals surface area contributed by atoms with E-state index in [1.54, 1.807) is 12.1 Å². The van der Waals surface area contributed by atoms with E-state index in [0.717, 1.165) is 5.56 Å². The number of halogens is 1. The van der Waals surface area contributed by atoms with Gasteiger partial charge in [0.05, 0.1) is 11.6 Å². The molecule has 1 N–H and O–H groups in total. The van der Waals surface area contributed by atoms with E-state index < -0.39 is 11.9 Å². The van der Waals surface area contributed by atoms with Gasteiger partial charge in [-0.1, -0.05) is 0 Å². The van der Waals surface area contributed by atoms with E-state index in [9.17, 15) is 19.8 Å². The number of amides is 1. The lowest BCUT2D eigenvalue weighted by molar-refractivity contribution is -0.311. The van der Waals surface area contributed by atoms with E-state index in [0.29, 0.717) is 4.47 Å². The Labute approximate surface area is 124 Å². The molecule has 6 nitrogen and oxygen atoms in total. The van der Waals surface area contributed by atoms with Gasteiger partial charge in [-0.2, -0.15) is 0 Å². The molecule has 1 saturated heterocycles. The summed E-state index contributed by atoms with van der Waals surface area (Å²) < 4.78 is 5.48. The third-order valence-electron chi connectivity index (χ3n) is 3.23. The molecule has 1 aliphatic rings.